The van der Waals surface area contributed by atoms with E-state index in [1.807, 2.05) is 0 Å². The standard InChI is InChI=1S/C16H23NO/c1-3-9-16(2,13-18)12-17-10-8-14-6-4-5-7-15(14)11-17/h4-7,13H,3,8-12H2,1-2H3. The largest absolute Gasteiger partial charge is 0.303 e. The first kappa shape index (κ1) is 13.3. The van der Waals surface area contributed by atoms with E-state index in [9.17, 15) is 4.79 Å². The summed E-state index contributed by atoms with van der Waals surface area (Å²) in [5.41, 5.74) is 2.71. The van der Waals surface area contributed by atoms with Crippen molar-refractivity contribution in [3.63, 3.8) is 0 Å². The Hall–Kier alpha value is -1.15. The number of fused-ring (bicyclic) bond motifs is 1. The molecule has 1 aromatic rings. The summed E-state index contributed by atoms with van der Waals surface area (Å²) < 4.78 is 0. The minimum atomic E-state index is -0.180. The van der Waals surface area contributed by atoms with Gasteiger partial charge in [0, 0.05) is 25.0 Å². The Labute approximate surface area is 110 Å². The first-order valence-corrected chi connectivity index (χ1v) is 6.92. The van der Waals surface area contributed by atoms with Gasteiger partial charge in [-0.25, -0.2) is 0 Å². The van der Waals surface area contributed by atoms with Gasteiger partial charge < -0.3 is 4.79 Å². The fraction of sp³-hybridized carbons (Fsp3) is 0.562. The summed E-state index contributed by atoms with van der Waals surface area (Å²) in [6, 6.07) is 8.64. The topological polar surface area (TPSA) is 20.3 Å². The first-order chi connectivity index (χ1) is 8.67. The summed E-state index contributed by atoms with van der Waals surface area (Å²) in [7, 11) is 0. The van der Waals surface area contributed by atoms with Crippen molar-refractivity contribution in [1.82, 2.24) is 4.90 Å². The molecule has 98 valence electrons. The van der Waals surface area contributed by atoms with E-state index in [2.05, 4.69) is 43.0 Å². The van der Waals surface area contributed by atoms with E-state index < -0.39 is 0 Å². The molecule has 0 aromatic heterocycles. The first-order valence-electron chi connectivity index (χ1n) is 6.92. The third-order valence-electron chi connectivity index (χ3n) is 3.90. The zero-order valence-electron chi connectivity index (χ0n) is 11.5. The molecule has 0 amide bonds. The van der Waals surface area contributed by atoms with Gasteiger partial charge in [0.2, 0.25) is 0 Å². The Kier molecular flexibility index (Phi) is 4.18. The molecule has 0 saturated heterocycles. The van der Waals surface area contributed by atoms with E-state index in [0.29, 0.717) is 0 Å². The highest BCUT2D eigenvalue weighted by molar-refractivity contribution is 5.59. The fourth-order valence-electron chi connectivity index (χ4n) is 2.95. The molecule has 0 fully saturated rings. The minimum Gasteiger partial charge on any atom is -0.303 e. The second kappa shape index (κ2) is 5.66. The highest BCUT2D eigenvalue weighted by Crippen LogP contribution is 2.26. The highest BCUT2D eigenvalue weighted by atomic mass is 16.1. The molecule has 2 heteroatoms. The zero-order valence-corrected chi connectivity index (χ0v) is 11.5. The summed E-state index contributed by atoms with van der Waals surface area (Å²) >= 11 is 0. The van der Waals surface area contributed by atoms with E-state index in [0.717, 1.165) is 45.2 Å². The molecule has 2 nitrogen and oxygen atoms in total. The number of aldehydes is 1. The Morgan fingerprint density at radius 2 is 2.06 bits per heavy atom. The van der Waals surface area contributed by atoms with E-state index in [1.165, 1.54) is 11.1 Å². The average Bonchev–Trinajstić information content (AvgIpc) is 2.39. The number of carbonyl (C=O) groups excluding carboxylic acids is 1. The van der Waals surface area contributed by atoms with Crippen LogP contribution < -0.4 is 0 Å². The van der Waals surface area contributed by atoms with Gasteiger partial charge in [-0.2, -0.15) is 0 Å². The van der Waals surface area contributed by atoms with Gasteiger partial charge in [0.25, 0.3) is 0 Å². The zero-order chi connectivity index (χ0) is 13.0. The van der Waals surface area contributed by atoms with Gasteiger partial charge in [-0.05, 0) is 24.0 Å². The lowest BCUT2D eigenvalue weighted by Gasteiger charge is -2.34. The number of rotatable bonds is 5. The maximum absolute atomic E-state index is 11.3. The second-order valence-electron chi connectivity index (χ2n) is 5.75. The molecule has 0 bridgehead atoms. The number of carbonyl (C=O) groups is 1. The van der Waals surface area contributed by atoms with Crippen LogP contribution in [0.15, 0.2) is 24.3 Å². The van der Waals surface area contributed by atoms with E-state index >= 15 is 0 Å². The van der Waals surface area contributed by atoms with Crippen LogP contribution >= 0.6 is 0 Å². The van der Waals surface area contributed by atoms with Crippen molar-refractivity contribution >= 4 is 6.29 Å². The van der Waals surface area contributed by atoms with Crippen molar-refractivity contribution in [3.05, 3.63) is 35.4 Å². The van der Waals surface area contributed by atoms with Crippen molar-refractivity contribution in [1.29, 1.82) is 0 Å². The average molecular weight is 245 g/mol. The van der Waals surface area contributed by atoms with Gasteiger partial charge in [-0.1, -0.05) is 44.5 Å². The predicted octanol–water partition coefficient (Wildman–Crippen LogP) is 3.05. The van der Waals surface area contributed by atoms with Crippen molar-refractivity contribution in [2.45, 2.75) is 39.7 Å². The number of nitrogens with zero attached hydrogens (tertiary/aromatic N) is 1. The van der Waals surface area contributed by atoms with Crippen molar-refractivity contribution in [3.8, 4) is 0 Å². The summed E-state index contributed by atoms with van der Waals surface area (Å²) in [4.78, 5) is 13.7. The molecular formula is C16H23NO. The van der Waals surface area contributed by atoms with E-state index in [1.54, 1.807) is 0 Å². The SMILES string of the molecule is CCCC(C)(C=O)CN1CCc2ccccc2C1. The van der Waals surface area contributed by atoms with E-state index in [4.69, 9.17) is 0 Å². The lowest BCUT2D eigenvalue weighted by molar-refractivity contribution is -0.117. The van der Waals surface area contributed by atoms with Crippen LogP contribution in [-0.2, 0) is 17.8 Å². The smallest absolute Gasteiger partial charge is 0.127 e. The van der Waals surface area contributed by atoms with Crippen molar-refractivity contribution in [2.24, 2.45) is 5.41 Å². The molecule has 0 saturated carbocycles. The number of hydrogen-bond donors (Lipinski definition) is 0. The lowest BCUT2D eigenvalue weighted by Crippen LogP contribution is -2.40. The van der Waals surface area contributed by atoms with Crippen LogP contribution in [0.3, 0.4) is 0 Å². The van der Waals surface area contributed by atoms with Crippen LogP contribution in [0.1, 0.15) is 37.8 Å². The van der Waals surface area contributed by atoms with Crippen molar-refractivity contribution < 1.29 is 4.79 Å². The molecule has 0 N–H and O–H groups in total. The van der Waals surface area contributed by atoms with Gasteiger partial charge in [0.1, 0.15) is 6.29 Å². The quantitative estimate of drug-likeness (QED) is 0.743. The summed E-state index contributed by atoms with van der Waals surface area (Å²) in [5, 5.41) is 0. The Morgan fingerprint density at radius 1 is 1.33 bits per heavy atom. The molecule has 2 rings (SSSR count). The van der Waals surface area contributed by atoms with Crippen molar-refractivity contribution in [2.75, 3.05) is 13.1 Å². The fourth-order valence-corrected chi connectivity index (χ4v) is 2.95. The van der Waals surface area contributed by atoms with Gasteiger partial charge in [-0.3, -0.25) is 4.90 Å². The molecule has 1 aliphatic heterocycles. The number of hydrogen-bond acceptors (Lipinski definition) is 2. The third-order valence-corrected chi connectivity index (χ3v) is 3.90. The van der Waals surface area contributed by atoms with Gasteiger partial charge in [0.05, 0.1) is 0 Å². The molecule has 1 aliphatic rings. The van der Waals surface area contributed by atoms with Crippen LogP contribution in [-0.4, -0.2) is 24.3 Å². The maximum Gasteiger partial charge on any atom is 0.127 e. The van der Waals surface area contributed by atoms with Crippen LogP contribution in [0.25, 0.3) is 0 Å². The summed E-state index contributed by atoms with van der Waals surface area (Å²) in [6.07, 6.45) is 4.31. The molecule has 18 heavy (non-hydrogen) atoms. The normalized spacial score (nSPS) is 19.0. The van der Waals surface area contributed by atoms with Crippen LogP contribution in [0.5, 0.6) is 0 Å². The molecule has 0 radical (unpaired) electrons. The number of benzene rings is 1. The van der Waals surface area contributed by atoms with Crippen LogP contribution in [0.4, 0.5) is 0 Å². The van der Waals surface area contributed by atoms with Crippen LogP contribution in [0, 0.1) is 5.41 Å². The monoisotopic (exact) mass is 245 g/mol. The Balaban J connectivity index is 2.03. The molecule has 1 atom stereocenters. The third kappa shape index (κ3) is 2.99. The van der Waals surface area contributed by atoms with Gasteiger partial charge >= 0.3 is 0 Å². The molecular weight excluding hydrogens is 222 g/mol. The molecule has 1 unspecified atom stereocenters. The Morgan fingerprint density at radius 3 is 2.72 bits per heavy atom. The molecule has 0 spiro atoms. The molecule has 0 aliphatic carbocycles. The predicted molar refractivity (Wildman–Crippen MR) is 74.5 cm³/mol. The molecule has 1 aromatic carbocycles. The Bertz CT molecular complexity index is 415. The van der Waals surface area contributed by atoms with Crippen LogP contribution in [0.2, 0.25) is 0 Å². The van der Waals surface area contributed by atoms with E-state index in [-0.39, 0.29) is 5.41 Å². The maximum atomic E-state index is 11.3. The molecule has 1 heterocycles. The lowest BCUT2D eigenvalue weighted by atomic mass is 9.86. The summed E-state index contributed by atoms with van der Waals surface area (Å²) in [6.45, 7) is 7.18. The minimum absolute atomic E-state index is 0.180. The second-order valence-corrected chi connectivity index (χ2v) is 5.75. The summed E-state index contributed by atoms with van der Waals surface area (Å²) in [5.74, 6) is 0. The van der Waals surface area contributed by atoms with Gasteiger partial charge in [-0.15, -0.1) is 0 Å². The van der Waals surface area contributed by atoms with Gasteiger partial charge in [0.15, 0.2) is 0 Å². The highest BCUT2D eigenvalue weighted by Gasteiger charge is 2.27.